The van der Waals surface area contributed by atoms with Crippen LogP contribution in [0, 0.1) is 0 Å². The zero-order chi connectivity index (χ0) is 13.9. The second-order valence-electron chi connectivity index (χ2n) is 5.27. The van der Waals surface area contributed by atoms with Gasteiger partial charge in [-0.2, -0.15) is 4.31 Å². The van der Waals surface area contributed by atoms with Crippen LogP contribution >= 0.6 is 0 Å². The number of hydrogen-bond donors (Lipinski definition) is 1. The average Bonchev–Trinajstić information content (AvgIpc) is 2.88. The number of amides is 1. The molecule has 0 saturated carbocycles. The second-order valence-corrected chi connectivity index (χ2v) is 7.20. The van der Waals surface area contributed by atoms with Gasteiger partial charge in [-0.1, -0.05) is 6.42 Å². The van der Waals surface area contributed by atoms with E-state index in [2.05, 4.69) is 5.32 Å². The molecule has 0 aromatic heterocycles. The van der Waals surface area contributed by atoms with E-state index in [9.17, 15) is 13.2 Å². The summed E-state index contributed by atoms with van der Waals surface area (Å²) in [6.07, 6.45) is 5.55. The zero-order valence-corrected chi connectivity index (χ0v) is 12.1. The summed E-state index contributed by atoms with van der Waals surface area (Å²) >= 11 is 0. The van der Waals surface area contributed by atoms with Crippen LogP contribution in [0.3, 0.4) is 0 Å². The summed E-state index contributed by atoms with van der Waals surface area (Å²) in [5.74, 6) is -0.194. The van der Waals surface area contributed by atoms with Gasteiger partial charge in [0.1, 0.15) is 6.04 Å². The van der Waals surface area contributed by atoms with E-state index in [-0.39, 0.29) is 12.0 Å². The topological polar surface area (TPSA) is 75.7 Å². The molecule has 0 unspecified atom stereocenters. The van der Waals surface area contributed by atoms with Gasteiger partial charge in [-0.3, -0.25) is 4.79 Å². The first-order chi connectivity index (χ1) is 8.98. The minimum atomic E-state index is -3.32. The van der Waals surface area contributed by atoms with Crippen molar-refractivity contribution in [2.45, 2.75) is 44.2 Å². The lowest BCUT2D eigenvalue weighted by molar-refractivity contribution is -0.126. The van der Waals surface area contributed by atoms with Crippen LogP contribution in [0.1, 0.15) is 32.1 Å². The summed E-state index contributed by atoms with van der Waals surface area (Å²) in [4.78, 5) is 12.1. The molecule has 2 heterocycles. The van der Waals surface area contributed by atoms with Gasteiger partial charge in [0.2, 0.25) is 15.9 Å². The fourth-order valence-electron chi connectivity index (χ4n) is 2.70. The van der Waals surface area contributed by atoms with Crippen molar-refractivity contribution in [2.75, 3.05) is 26.0 Å². The number of piperidine rings is 1. The Morgan fingerprint density at radius 2 is 2.11 bits per heavy atom. The normalized spacial score (nSPS) is 29.3. The molecule has 0 aliphatic carbocycles. The van der Waals surface area contributed by atoms with E-state index in [0.29, 0.717) is 19.5 Å². The van der Waals surface area contributed by atoms with Crippen LogP contribution in [-0.2, 0) is 19.6 Å². The van der Waals surface area contributed by atoms with Crippen molar-refractivity contribution in [3.63, 3.8) is 0 Å². The summed E-state index contributed by atoms with van der Waals surface area (Å²) in [7, 11) is -3.32. The van der Waals surface area contributed by atoms with Gasteiger partial charge in [0.05, 0.1) is 12.4 Å². The second kappa shape index (κ2) is 6.19. The Labute approximate surface area is 114 Å². The maximum Gasteiger partial charge on any atom is 0.238 e. The van der Waals surface area contributed by atoms with Crippen LogP contribution in [0.25, 0.3) is 0 Å². The lowest BCUT2D eigenvalue weighted by Crippen LogP contribution is -2.52. The molecule has 2 aliphatic rings. The highest BCUT2D eigenvalue weighted by molar-refractivity contribution is 7.88. The lowest BCUT2D eigenvalue weighted by atomic mass is 10.0. The summed E-state index contributed by atoms with van der Waals surface area (Å²) in [6.45, 7) is 1.67. The van der Waals surface area contributed by atoms with Crippen LogP contribution in [-0.4, -0.2) is 56.7 Å². The molecular weight excluding hydrogens is 268 g/mol. The largest absolute Gasteiger partial charge is 0.376 e. The Morgan fingerprint density at radius 3 is 2.74 bits per heavy atom. The van der Waals surface area contributed by atoms with E-state index in [1.165, 1.54) is 10.6 Å². The number of carbonyl (C=O) groups is 1. The third kappa shape index (κ3) is 3.90. The molecule has 2 fully saturated rings. The molecule has 2 atom stereocenters. The summed E-state index contributed by atoms with van der Waals surface area (Å²) in [5, 5.41) is 2.83. The van der Waals surface area contributed by atoms with E-state index in [1.807, 2.05) is 0 Å². The van der Waals surface area contributed by atoms with Gasteiger partial charge >= 0.3 is 0 Å². The predicted molar refractivity (Wildman–Crippen MR) is 71.2 cm³/mol. The molecule has 0 aromatic rings. The van der Waals surface area contributed by atoms with Gasteiger partial charge in [0.25, 0.3) is 0 Å². The number of hydrogen-bond acceptors (Lipinski definition) is 4. The number of nitrogens with zero attached hydrogens (tertiary/aromatic N) is 1. The fraction of sp³-hybridized carbons (Fsp3) is 0.917. The highest BCUT2D eigenvalue weighted by Crippen LogP contribution is 2.20. The lowest BCUT2D eigenvalue weighted by Gasteiger charge is -2.32. The van der Waals surface area contributed by atoms with E-state index >= 15 is 0 Å². The minimum Gasteiger partial charge on any atom is -0.376 e. The Bertz CT molecular complexity index is 417. The smallest absolute Gasteiger partial charge is 0.238 e. The molecule has 0 bridgehead atoms. The Morgan fingerprint density at radius 1 is 1.32 bits per heavy atom. The molecular formula is C12H22N2O4S. The van der Waals surface area contributed by atoms with Gasteiger partial charge in [-0.15, -0.1) is 0 Å². The molecule has 1 N–H and O–H groups in total. The molecule has 7 heteroatoms. The average molecular weight is 290 g/mol. The third-order valence-electron chi connectivity index (χ3n) is 3.71. The number of carbonyl (C=O) groups excluding carboxylic acids is 1. The van der Waals surface area contributed by atoms with Crippen molar-refractivity contribution in [1.82, 2.24) is 9.62 Å². The van der Waals surface area contributed by atoms with Crippen molar-refractivity contribution in [2.24, 2.45) is 0 Å². The number of nitrogens with one attached hydrogen (secondary N) is 1. The van der Waals surface area contributed by atoms with Gasteiger partial charge in [-0.05, 0) is 25.7 Å². The Hall–Kier alpha value is -0.660. The van der Waals surface area contributed by atoms with Crippen molar-refractivity contribution in [3.05, 3.63) is 0 Å². The van der Waals surface area contributed by atoms with Crippen LogP contribution in [0.2, 0.25) is 0 Å². The van der Waals surface area contributed by atoms with Gasteiger partial charge < -0.3 is 10.1 Å². The first-order valence-electron chi connectivity index (χ1n) is 6.84. The first-order valence-corrected chi connectivity index (χ1v) is 8.69. The molecule has 1 amide bonds. The van der Waals surface area contributed by atoms with Crippen molar-refractivity contribution in [1.29, 1.82) is 0 Å². The third-order valence-corrected chi connectivity index (χ3v) is 5.00. The van der Waals surface area contributed by atoms with Crippen molar-refractivity contribution < 1.29 is 17.9 Å². The maximum atomic E-state index is 12.1. The van der Waals surface area contributed by atoms with Crippen LogP contribution in [0.5, 0.6) is 0 Å². The molecule has 0 aromatic carbocycles. The minimum absolute atomic E-state index is 0.0826. The number of sulfonamides is 1. The summed E-state index contributed by atoms with van der Waals surface area (Å²) in [5.41, 5.74) is 0. The van der Waals surface area contributed by atoms with E-state index < -0.39 is 16.1 Å². The monoisotopic (exact) mass is 290 g/mol. The van der Waals surface area contributed by atoms with Crippen molar-refractivity contribution in [3.8, 4) is 0 Å². The molecule has 0 radical (unpaired) electrons. The quantitative estimate of drug-likeness (QED) is 0.796. The SMILES string of the molecule is CS(=O)(=O)N1CCCC[C@@H]1C(=O)NC[C@H]1CCCO1. The van der Waals surface area contributed by atoms with E-state index in [4.69, 9.17) is 4.74 Å². The maximum absolute atomic E-state index is 12.1. The van der Waals surface area contributed by atoms with Gasteiger partial charge in [0.15, 0.2) is 0 Å². The number of ether oxygens (including phenoxy) is 1. The molecule has 2 aliphatic heterocycles. The predicted octanol–water partition coefficient (Wildman–Crippen LogP) is 0.0957. The molecule has 2 rings (SSSR count). The first kappa shape index (κ1) is 14.7. The highest BCUT2D eigenvalue weighted by atomic mass is 32.2. The summed E-state index contributed by atoms with van der Waals surface area (Å²) < 4.78 is 30.1. The summed E-state index contributed by atoms with van der Waals surface area (Å²) in [6, 6.07) is -0.551. The van der Waals surface area contributed by atoms with Crippen LogP contribution in [0.15, 0.2) is 0 Å². The standard InChI is InChI=1S/C12H22N2O4S/c1-19(16,17)14-7-3-2-6-11(14)12(15)13-9-10-5-4-8-18-10/h10-11H,2-9H2,1H3,(H,13,15)/t10-,11-/m1/s1. The van der Waals surface area contributed by atoms with Crippen LogP contribution in [0.4, 0.5) is 0 Å². The van der Waals surface area contributed by atoms with Gasteiger partial charge in [0, 0.05) is 19.7 Å². The molecule has 6 nitrogen and oxygen atoms in total. The Kier molecular flexibility index (Phi) is 4.81. The molecule has 2 saturated heterocycles. The van der Waals surface area contributed by atoms with Crippen molar-refractivity contribution >= 4 is 15.9 Å². The van der Waals surface area contributed by atoms with E-state index in [1.54, 1.807) is 0 Å². The highest BCUT2D eigenvalue weighted by Gasteiger charge is 2.34. The Balaban J connectivity index is 1.91. The fourth-order valence-corrected chi connectivity index (χ4v) is 3.83. The molecule has 0 spiro atoms. The van der Waals surface area contributed by atoms with E-state index in [0.717, 1.165) is 32.3 Å². The molecule has 19 heavy (non-hydrogen) atoms. The zero-order valence-electron chi connectivity index (χ0n) is 11.3. The molecule has 110 valence electrons. The number of rotatable bonds is 4. The van der Waals surface area contributed by atoms with Crippen LogP contribution < -0.4 is 5.32 Å². The van der Waals surface area contributed by atoms with Gasteiger partial charge in [-0.25, -0.2) is 8.42 Å².